The summed E-state index contributed by atoms with van der Waals surface area (Å²) in [7, 11) is 0. The minimum absolute atomic E-state index is 0.591. The molecule has 1 saturated carbocycles. The average molecular weight is 206 g/mol. The Hall–Kier alpha value is -0.260. The highest BCUT2D eigenvalue weighted by molar-refractivity contribution is 5.25. The van der Waals surface area contributed by atoms with Gasteiger partial charge >= 0.3 is 0 Å². The van der Waals surface area contributed by atoms with E-state index in [1.54, 1.807) is 5.57 Å². The van der Waals surface area contributed by atoms with E-state index < -0.39 is 0 Å². The molecule has 1 fully saturated rings. The Labute approximate surface area is 95.1 Å². The molecule has 2 unspecified atom stereocenters. The van der Waals surface area contributed by atoms with Gasteiger partial charge in [-0.2, -0.15) is 0 Å². The first-order valence-corrected chi connectivity index (χ1v) is 6.72. The quantitative estimate of drug-likeness (QED) is 0.532. The number of fused-ring (bicyclic) bond motifs is 1. The van der Waals surface area contributed by atoms with Crippen LogP contribution in [-0.4, -0.2) is 0 Å². The van der Waals surface area contributed by atoms with Crippen LogP contribution in [0.3, 0.4) is 0 Å². The molecule has 0 radical (unpaired) electrons. The predicted octanol–water partition coefficient (Wildman–Crippen LogP) is 4.95. The van der Waals surface area contributed by atoms with Gasteiger partial charge in [0.05, 0.1) is 0 Å². The molecule has 0 N–H and O–H groups in total. The summed E-state index contributed by atoms with van der Waals surface area (Å²) in [6.07, 6.45) is 8.56. The Kier molecular flexibility index (Phi) is 2.96. The van der Waals surface area contributed by atoms with Gasteiger partial charge in [-0.1, -0.05) is 31.9 Å². The molecule has 15 heavy (non-hydrogen) atoms. The lowest BCUT2D eigenvalue weighted by Crippen LogP contribution is -2.32. The number of allylic oxidation sites excluding steroid dienone is 2. The highest BCUT2D eigenvalue weighted by Gasteiger charge is 2.38. The first-order valence-electron chi connectivity index (χ1n) is 6.72. The summed E-state index contributed by atoms with van der Waals surface area (Å²) in [5.41, 5.74) is 4.17. The Bertz CT molecular complexity index is 272. The van der Waals surface area contributed by atoms with Crippen LogP contribution >= 0.6 is 0 Å². The predicted molar refractivity (Wildman–Crippen MR) is 66.8 cm³/mol. The van der Waals surface area contributed by atoms with Gasteiger partial charge in [0.2, 0.25) is 0 Å². The van der Waals surface area contributed by atoms with Gasteiger partial charge < -0.3 is 0 Å². The Balaban J connectivity index is 2.22. The van der Waals surface area contributed by atoms with E-state index in [1.165, 1.54) is 38.5 Å². The second-order valence-corrected chi connectivity index (χ2v) is 6.42. The summed E-state index contributed by atoms with van der Waals surface area (Å²) in [5, 5.41) is 0. The maximum absolute atomic E-state index is 2.52. The second-order valence-electron chi connectivity index (χ2n) is 6.42. The molecule has 0 spiro atoms. The average Bonchev–Trinajstić information content (AvgIpc) is 2.17. The molecule has 0 saturated heterocycles. The first-order chi connectivity index (χ1) is 7.03. The molecule has 2 atom stereocenters. The van der Waals surface area contributed by atoms with E-state index in [1.807, 2.05) is 5.57 Å². The summed E-state index contributed by atoms with van der Waals surface area (Å²) in [6, 6.07) is 0. The van der Waals surface area contributed by atoms with Crippen molar-refractivity contribution >= 4 is 0 Å². The summed E-state index contributed by atoms with van der Waals surface area (Å²) >= 11 is 0. The number of hydrogen-bond acceptors (Lipinski definition) is 0. The number of rotatable bonds is 1. The van der Waals surface area contributed by atoms with Crippen molar-refractivity contribution in [3.63, 3.8) is 0 Å². The second kappa shape index (κ2) is 3.96. The fraction of sp³-hybridized carbons (Fsp3) is 0.867. The largest absolute Gasteiger partial charge is 0.0736 e. The van der Waals surface area contributed by atoms with Crippen LogP contribution in [0.1, 0.15) is 66.2 Å². The van der Waals surface area contributed by atoms with Gasteiger partial charge in [-0.15, -0.1) is 0 Å². The normalized spacial score (nSPS) is 37.0. The Morgan fingerprint density at radius 1 is 1.27 bits per heavy atom. The summed E-state index contributed by atoms with van der Waals surface area (Å²) in [4.78, 5) is 0. The van der Waals surface area contributed by atoms with E-state index >= 15 is 0 Å². The molecular formula is C15H26. The highest BCUT2D eigenvalue weighted by atomic mass is 14.4. The van der Waals surface area contributed by atoms with Crippen molar-refractivity contribution in [3.8, 4) is 0 Å². The van der Waals surface area contributed by atoms with Crippen molar-refractivity contribution in [2.75, 3.05) is 0 Å². The van der Waals surface area contributed by atoms with E-state index in [-0.39, 0.29) is 0 Å². The van der Waals surface area contributed by atoms with Crippen LogP contribution in [0.25, 0.3) is 0 Å². The minimum atomic E-state index is 0.591. The third-order valence-electron chi connectivity index (χ3n) is 5.00. The van der Waals surface area contributed by atoms with E-state index in [9.17, 15) is 0 Å². The van der Waals surface area contributed by atoms with Gasteiger partial charge in [-0.05, 0) is 62.7 Å². The maximum Gasteiger partial charge on any atom is -0.0113 e. The molecule has 0 nitrogen and oxygen atoms in total. The molecule has 2 aliphatic rings. The van der Waals surface area contributed by atoms with Gasteiger partial charge in [0.25, 0.3) is 0 Å². The minimum Gasteiger partial charge on any atom is -0.0736 e. The zero-order chi connectivity index (χ0) is 11.1. The van der Waals surface area contributed by atoms with Crippen molar-refractivity contribution in [3.05, 3.63) is 11.1 Å². The molecule has 86 valence electrons. The van der Waals surface area contributed by atoms with Gasteiger partial charge in [0.1, 0.15) is 0 Å². The van der Waals surface area contributed by atoms with Crippen LogP contribution in [0.4, 0.5) is 0 Å². The van der Waals surface area contributed by atoms with Gasteiger partial charge in [0.15, 0.2) is 0 Å². The number of hydrogen-bond donors (Lipinski definition) is 0. The van der Waals surface area contributed by atoms with E-state index in [0.717, 1.165) is 11.8 Å². The molecule has 2 rings (SSSR count). The van der Waals surface area contributed by atoms with Crippen LogP contribution in [0.5, 0.6) is 0 Å². The van der Waals surface area contributed by atoms with Crippen LogP contribution in [-0.2, 0) is 0 Å². The zero-order valence-electron chi connectivity index (χ0n) is 10.9. The maximum atomic E-state index is 2.52. The summed E-state index contributed by atoms with van der Waals surface area (Å²) in [5.74, 6) is 1.83. The SMILES string of the molecule is CC1=C2CC(C(C)C)CCC2(C)CCC1. The molecule has 0 aromatic carbocycles. The van der Waals surface area contributed by atoms with Gasteiger partial charge in [-0.25, -0.2) is 0 Å². The lowest BCUT2D eigenvalue weighted by Gasteiger charge is -2.45. The van der Waals surface area contributed by atoms with Crippen molar-refractivity contribution < 1.29 is 0 Å². The van der Waals surface area contributed by atoms with Gasteiger partial charge in [-0.3, -0.25) is 0 Å². The first kappa shape index (κ1) is 11.2. The van der Waals surface area contributed by atoms with Crippen molar-refractivity contribution in [2.24, 2.45) is 17.3 Å². The Morgan fingerprint density at radius 2 is 2.00 bits per heavy atom. The fourth-order valence-electron chi connectivity index (χ4n) is 3.69. The van der Waals surface area contributed by atoms with E-state index in [2.05, 4.69) is 27.7 Å². The molecule has 0 aliphatic heterocycles. The van der Waals surface area contributed by atoms with Crippen LogP contribution in [0.15, 0.2) is 11.1 Å². The summed E-state index contributed by atoms with van der Waals surface area (Å²) in [6.45, 7) is 9.69. The van der Waals surface area contributed by atoms with Crippen LogP contribution < -0.4 is 0 Å². The zero-order valence-corrected chi connectivity index (χ0v) is 10.9. The van der Waals surface area contributed by atoms with E-state index in [0.29, 0.717) is 5.41 Å². The standard InChI is InChI=1S/C15H26/c1-11(2)13-7-9-15(4)8-5-6-12(3)14(15)10-13/h11,13H,5-10H2,1-4H3. The molecule has 0 amide bonds. The van der Waals surface area contributed by atoms with Crippen LogP contribution in [0.2, 0.25) is 0 Å². The fourth-order valence-corrected chi connectivity index (χ4v) is 3.69. The molecule has 0 aromatic heterocycles. The molecule has 2 aliphatic carbocycles. The summed E-state index contributed by atoms with van der Waals surface area (Å²) < 4.78 is 0. The molecule has 0 bridgehead atoms. The van der Waals surface area contributed by atoms with Gasteiger partial charge in [0, 0.05) is 0 Å². The van der Waals surface area contributed by atoms with Crippen LogP contribution in [0, 0.1) is 17.3 Å². The van der Waals surface area contributed by atoms with Crippen molar-refractivity contribution in [1.82, 2.24) is 0 Å². The monoisotopic (exact) mass is 206 g/mol. The lowest BCUT2D eigenvalue weighted by atomic mass is 9.60. The topological polar surface area (TPSA) is 0 Å². The van der Waals surface area contributed by atoms with Crippen molar-refractivity contribution in [1.29, 1.82) is 0 Å². The third kappa shape index (κ3) is 2.00. The van der Waals surface area contributed by atoms with E-state index in [4.69, 9.17) is 0 Å². The molecule has 0 aromatic rings. The third-order valence-corrected chi connectivity index (χ3v) is 5.00. The lowest BCUT2D eigenvalue weighted by molar-refractivity contribution is 0.187. The smallest absolute Gasteiger partial charge is 0.0113 e. The molecular weight excluding hydrogens is 180 g/mol. The molecule has 0 heteroatoms. The Morgan fingerprint density at radius 3 is 2.67 bits per heavy atom. The highest BCUT2D eigenvalue weighted by Crippen LogP contribution is 2.52. The molecule has 0 heterocycles. The van der Waals surface area contributed by atoms with Crippen molar-refractivity contribution in [2.45, 2.75) is 66.2 Å².